The summed E-state index contributed by atoms with van der Waals surface area (Å²) in [7, 11) is -1.84. The lowest BCUT2D eigenvalue weighted by Gasteiger charge is -2.16. The van der Waals surface area contributed by atoms with Gasteiger partial charge in [0.2, 0.25) is 10.0 Å². The summed E-state index contributed by atoms with van der Waals surface area (Å²) >= 11 is 1.53. The number of aryl methyl sites for hydroxylation is 1. The Hall–Kier alpha value is -0.690. The molecule has 0 aliphatic heterocycles. The molecule has 20 heavy (non-hydrogen) atoms. The number of likely N-dealkylation sites (N-methyl/N-ethyl adjacent to an activating group) is 1. The minimum absolute atomic E-state index is 0.344. The van der Waals surface area contributed by atoms with E-state index < -0.39 is 10.0 Å². The van der Waals surface area contributed by atoms with E-state index in [2.05, 4.69) is 25.7 Å². The Bertz CT molecular complexity index is 574. The first-order valence-corrected chi connectivity index (χ1v) is 8.83. The van der Waals surface area contributed by atoms with Gasteiger partial charge in [-0.25, -0.2) is 8.42 Å². The Balaban J connectivity index is 2.98. The van der Waals surface area contributed by atoms with Gasteiger partial charge in [0.05, 0.1) is 4.90 Å². The highest BCUT2D eigenvalue weighted by Gasteiger charge is 2.24. The summed E-state index contributed by atoms with van der Waals surface area (Å²) in [6, 6.07) is 2.16. The van der Waals surface area contributed by atoms with Crippen LogP contribution in [0.25, 0.3) is 0 Å². The van der Waals surface area contributed by atoms with Gasteiger partial charge in [0, 0.05) is 35.9 Å². The van der Waals surface area contributed by atoms with Gasteiger partial charge in [-0.3, -0.25) is 0 Å². The second kappa shape index (κ2) is 6.85. The molecule has 1 aromatic rings. The molecule has 0 atom stereocenters. The zero-order valence-electron chi connectivity index (χ0n) is 12.9. The van der Waals surface area contributed by atoms with Crippen LogP contribution in [-0.2, 0) is 16.6 Å². The summed E-state index contributed by atoms with van der Waals surface area (Å²) in [5, 5.41) is 3.30. The average molecular weight is 316 g/mol. The van der Waals surface area contributed by atoms with Gasteiger partial charge in [-0.15, -0.1) is 11.3 Å². The molecule has 0 aliphatic rings. The van der Waals surface area contributed by atoms with Gasteiger partial charge in [0.25, 0.3) is 0 Å². The van der Waals surface area contributed by atoms with E-state index in [1.807, 2.05) is 13.8 Å². The summed E-state index contributed by atoms with van der Waals surface area (Å²) in [6.45, 7) is 12.6. The predicted molar refractivity (Wildman–Crippen MR) is 85.7 cm³/mol. The molecule has 0 unspecified atom stereocenters. The smallest absolute Gasteiger partial charge is 0.244 e. The van der Waals surface area contributed by atoms with Crippen LogP contribution in [0.1, 0.15) is 30.5 Å². The molecular formula is C14H24N2O2S2. The Morgan fingerprint density at radius 2 is 2.10 bits per heavy atom. The Kier molecular flexibility index (Phi) is 5.94. The van der Waals surface area contributed by atoms with Gasteiger partial charge in [0.15, 0.2) is 0 Å². The maximum Gasteiger partial charge on any atom is 0.244 e. The molecule has 1 rings (SSSR count). The molecule has 1 heterocycles. The molecular weight excluding hydrogens is 292 g/mol. The second-order valence-corrected chi connectivity index (χ2v) is 8.74. The van der Waals surface area contributed by atoms with Crippen molar-refractivity contribution < 1.29 is 8.42 Å². The van der Waals surface area contributed by atoms with Crippen molar-refractivity contribution in [3.05, 3.63) is 28.0 Å². The summed E-state index contributed by atoms with van der Waals surface area (Å²) in [5.41, 5.74) is 0.825. The highest BCUT2D eigenvalue weighted by molar-refractivity contribution is 7.89. The molecule has 0 bridgehead atoms. The molecule has 6 heteroatoms. The van der Waals surface area contributed by atoms with E-state index in [9.17, 15) is 8.42 Å². The molecule has 4 nitrogen and oxygen atoms in total. The normalized spacial score (nSPS) is 12.3. The van der Waals surface area contributed by atoms with Crippen molar-refractivity contribution in [2.75, 3.05) is 13.6 Å². The molecule has 0 amide bonds. The minimum atomic E-state index is -3.43. The lowest BCUT2D eigenvalue weighted by molar-refractivity contribution is 0.493. The highest BCUT2D eigenvalue weighted by Crippen LogP contribution is 2.28. The highest BCUT2D eigenvalue weighted by atomic mass is 32.2. The van der Waals surface area contributed by atoms with Crippen LogP contribution >= 0.6 is 11.3 Å². The van der Waals surface area contributed by atoms with Crippen LogP contribution in [0.5, 0.6) is 0 Å². The van der Waals surface area contributed by atoms with E-state index >= 15 is 0 Å². The molecule has 114 valence electrons. The van der Waals surface area contributed by atoms with E-state index in [0.717, 1.165) is 15.3 Å². The summed E-state index contributed by atoms with van der Waals surface area (Å²) < 4.78 is 26.4. The van der Waals surface area contributed by atoms with Crippen LogP contribution in [0.15, 0.2) is 23.1 Å². The number of hydrogen-bond acceptors (Lipinski definition) is 4. The number of sulfonamides is 1. The number of nitrogens with one attached hydrogen (secondary N) is 1. The van der Waals surface area contributed by atoms with Crippen molar-refractivity contribution in [3.63, 3.8) is 0 Å². The molecule has 1 N–H and O–H groups in total. The Morgan fingerprint density at radius 3 is 2.60 bits per heavy atom. The van der Waals surface area contributed by atoms with Crippen molar-refractivity contribution in [2.45, 2.75) is 45.2 Å². The SMILES string of the molecule is C=C(C)CN(C)S(=O)(=O)c1cc(CNC(C)C)sc1C. The van der Waals surface area contributed by atoms with Gasteiger partial charge in [-0.2, -0.15) is 4.31 Å². The van der Waals surface area contributed by atoms with Gasteiger partial charge in [0.1, 0.15) is 0 Å². The Morgan fingerprint density at radius 1 is 1.50 bits per heavy atom. The zero-order chi connectivity index (χ0) is 15.5. The monoisotopic (exact) mass is 316 g/mol. The maximum absolute atomic E-state index is 12.5. The first-order valence-electron chi connectivity index (χ1n) is 6.58. The van der Waals surface area contributed by atoms with Crippen LogP contribution in [0, 0.1) is 6.92 Å². The topological polar surface area (TPSA) is 49.4 Å². The van der Waals surface area contributed by atoms with Crippen molar-refractivity contribution in [3.8, 4) is 0 Å². The third-order valence-electron chi connectivity index (χ3n) is 2.79. The van der Waals surface area contributed by atoms with E-state index in [1.165, 1.54) is 15.6 Å². The van der Waals surface area contributed by atoms with Crippen LogP contribution < -0.4 is 5.32 Å². The van der Waals surface area contributed by atoms with E-state index in [4.69, 9.17) is 0 Å². The first-order chi connectivity index (χ1) is 9.14. The lowest BCUT2D eigenvalue weighted by atomic mass is 10.3. The first kappa shape index (κ1) is 17.4. The molecule has 0 spiro atoms. The van der Waals surface area contributed by atoms with Crippen LogP contribution in [-0.4, -0.2) is 32.4 Å². The fourth-order valence-electron chi connectivity index (χ4n) is 1.81. The van der Waals surface area contributed by atoms with Gasteiger partial charge in [-0.1, -0.05) is 26.0 Å². The fourth-order valence-corrected chi connectivity index (χ4v) is 4.59. The lowest BCUT2D eigenvalue weighted by Crippen LogP contribution is -2.28. The third-order valence-corrected chi connectivity index (χ3v) is 5.90. The molecule has 0 aliphatic carbocycles. The Labute approximate surface area is 126 Å². The maximum atomic E-state index is 12.5. The summed E-state index contributed by atoms with van der Waals surface area (Å²) in [4.78, 5) is 2.28. The molecule has 0 saturated heterocycles. The number of hydrogen-bond donors (Lipinski definition) is 1. The predicted octanol–water partition coefficient (Wildman–Crippen LogP) is 2.75. The van der Waals surface area contributed by atoms with Crippen molar-refractivity contribution in [1.29, 1.82) is 0 Å². The van der Waals surface area contributed by atoms with Crippen LogP contribution in [0.4, 0.5) is 0 Å². The molecule has 1 aromatic heterocycles. The molecule has 0 fully saturated rings. The standard InChI is InChI=1S/C14H24N2O2S2/c1-10(2)9-16(6)20(17,18)14-7-13(19-12(14)5)8-15-11(3)4/h7,11,15H,1,8-9H2,2-6H3. The van der Waals surface area contributed by atoms with Crippen LogP contribution in [0.3, 0.4) is 0 Å². The van der Waals surface area contributed by atoms with Crippen LogP contribution in [0.2, 0.25) is 0 Å². The quantitative estimate of drug-likeness (QED) is 0.787. The largest absolute Gasteiger partial charge is 0.310 e. The van der Waals surface area contributed by atoms with Gasteiger partial charge >= 0.3 is 0 Å². The average Bonchev–Trinajstić information content (AvgIpc) is 2.67. The summed E-state index contributed by atoms with van der Waals surface area (Å²) in [5.74, 6) is 0. The minimum Gasteiger partial charge on any atom is -0.310 e. The number of rotatable bonds is 7. The van der Waals surface area contributed by atoms with Gasteiger partial charge in [-0.05, 0) is 19.9 Å². The van der Waals surface area contributed by atoms with Gasteiger partial charge < -0.3 is 5.32 Å². The van der Waals surface area contributed by atoms with E-state index in [0.29, 0.717) is 24.0 Å². The van der Waals surface area contributed by atoms with Crippen molar-refractivity contribution in [1.82, 2.24) is 9.62 Å². The molecule has 0 aromatic carbocycles. The molecule has 0 saturated carbocycles. The molecule has 0 radical (unpaired) electrons. The van der Waals surface area contributed by atoms with Crippen molar-refractivity contribution >= 4 is 21.4 Å². The van der Waals surface area contributed by atoms with E-state index in [-0.39, 0.29) is 0 Å². The fraction of sp³-hybridized carbons (Fsp3) is 0.571. The second-order valence-electron chi connectivity index (χ2n) is 5.39. The third kappa shape index (κ3) is 4.41. The van der Waals surface area contributed by atoms with Crippen molar-refractivity contribution in [2.24, 2.45) is 0 Å². The number of thiophene rings is 1. The van der Waals surface area contributed by atoms with E-state index in [1.54, 1.807) is 13.1 Å². The number of nitrogens with zero attached hydrogens (tertiary/aromatic N) is 1. The summed E-state index contributed by atoms with van der Waals surface area (Å²) in [6.07, 6.45) is 0. The zero-order valence-corrected chi connectivity index (χ0v) is 14.5.